The van der Waals surface area contributed by atoms with Gasteiger partial charge in [-0.2, -0.15) is 4.98 Å². The lowest BCUT2D eigenvalue weighted by molar-refractivity contribution is 0.00435. The number of benzene rings is 1. The molecule has 0 saturated carbocycles. The Morgan fingerprint density at radius 1 is 1.16 bits per heavy atom. The van der Waals surface area contributed by atoms with Gasteiger partial charge in [0.15, 0.2) is 11.5 Å². The van der Waals surface area contributed by atoms with Crippen LogP contribution in [0.25, 0.3) is 10.9 Å². The lowest BCUT2D eigenvalue weighted by atomic mass is 9.82. The Morgan fingerprint density at radius 2 is 1.96 bits per heavy atom. The molecule has 1 aromatic carbocycles. The van der Waals surface area contributed by atoms with E-state index in [9.17, 15) is 0 Å². The summed E-state index contributed by atoms with van der Waals surface area (Å²) in [5, 5.41) is 0.774. The first-order valence-electron chi connectivity index (χ1n) is 8.66. The van der Waals surface area contributed by atoms with Crippen LogP contribution in [0.2, 0.25) is 0 Å². The van der Waals surface area contributed by atoms with Crippen LogP contribution in [0.1, 0.15) is 19.3 Å². The fourth-order valence-corrected chi connectivity index (χ4v) is 3.95. The summed E-state index contributed by atoms with van der Waals surface area (Å²) in [5.74, 6) is 2.40. The standard InChI is InChI=1S/C18H24N4O3/c1-23-14-8-12-13(9-15(14)24-2)20-17(21-16(12)19)22-6-5-18(10-22)4-3-7-25-11-18/h8-9H,3-7,10-11H2,1-2H3,(H2,19,20,21). The summed E-state index contributed by atoms with van der Waals surface area (Å²) in [4.78, 5) is 11.5. The molecular formula is C18H24N4O3. The molecule has 0 aliphatic carbocycles. The van der Waals surface area contributed by atoms with Gasteiger partial charge in [0, 0.05) is 36.6 Å². The lowest BCUT2D eigenvalue weighted by Crippen LogP contribution is -2.35. The van der Waals surface area contributed by atoms with Gasteiger partial charge in [-0.05, 0) is 25.3 Å². The quantitative estimate of drug-likeness (QED) is 0.914. The highest BCUT2D eigenvalue weighted by molar-refractivity contribution is 5.91. The molecule has 2 saturated heterocycles. The van der Waals surface area contributed by atoms with Crippen LogP contribution < -0.4 is 20.1 Å². The van der Waals surface area contributed by atoms with E-state index in [1.54, 1.807) is 14.2 Å². The van der Waals surface area contributed by atoms with Crippen molar-refractivity contribution in [2.45, 2.75) is 19.3 Å². The number of nitrogens with two attached hydrogens (primary N) is 1. The van der Waals surface area contributed by atoms with Gasteiger partial charge in [0.2, 0.25) is 5.95 Å². The largest absolute Gasteiger partial charge is 0.493 e. The maximum Gasteiger partial charge on any atom is 0.227 e. The lowest BCUT2D eigenvalue weighted by Gasteiger charge is -2.33. The van der Waals surface area contributed by atoms with Crippen LogP contribution in [-0.4, -0.2) is 50.5 Å². The van der Waals surface area contributed by atoms with Gasteiger partial charge in [0.05, 0.1) is 26.3 Å². The monoisotopic (exact) mass is 344 g/mol. The van der Waals surface area contributed by atoms with Crippen molar-refractivity contribution in [2.24, 2.45) is 5.41 Å². The number of rotatable bonds is 3. The molecular weight excluding hydrogens is 320 g/mol. The topological polar surface area (TPSA) is 82.7 Å². The van der Waals surface area contributed by atoms with Crippen molar-refractivity contribution in [3.63, 3.8) is 0 Å². The van der Waals surface area contributed by atoms with Crippen LogP contribution in [0, 0.1) is 5.41 Å². The first-order chi connectivity index (χ1) is 12.1. The average molecular weight is 344 g/mol. The van der Waals surface area contributed by atoms with Crippen molar-refractivity contribution in [1.82, 2.24) is 9.97 Å². The number of ether oxygens (including phenoxy) is 3. The number of anilines is 2. The van der Waals surface area contributed by atoms with E-state index in [0.29, 0.717) is 23.3 Å². The molecule has 3 heterocycles. The van der Waals surface area contributed by atoms with Crippen LogP contribution in [0.5, 0.6) is 11.5 Å². The second kappa shape index (κ2) is 6.22. The number of aromatic nitrogens is 2. The third kappa shape index (κ3) is 2.82. The van der Waals surface area contributed by atoms with Crippen LogP contribution in [0.15, 0.2) is 12.1 Å². The fraction of sp³-hybridized carbons (Fsp3) is 0.556. The number of nitrogen functional groups attached to an aromatic ring is 1. The van der Waals surface area contributed by atoms with Crippen LogP contribution >= 0.6 is 0 Å². The molecule has 2 aromatic rings. The predicted octanol–water partition coefficient (Wildman–Crippen LogP) is 2.24. The minimum Gasteiger partial charge on any atom is -0.493 e. The van der Waals surface area contributed by atoms with Gasteiger partial charge in [0.25, 0.3) is 0 Å². The molecule has 25 heavy (non-hydrogen) atoms. The molecule has 7 heteroatoms. The highest BCUT2D eigenvalue weighted by Gasteiger charge is 2.40. The van der Waals surface area contributed by atoms with Gasteiger partial charge in [0.1, 0.15) is 5.82 Å². The summed E-state index contributed by atoms with van der Waals surface area (Å²) >= 11 is 0. The third-order valence-corrected chi connectivity index (χ3v) is 5.34. The van der Waals surface area contributed by atoms with Crippen molar-refractivity contribution in [2.75, 3.05) is 51.2 Å². The molecule has 2 aliphatic heterocycles. The van der Waals surface area contributed by atoms with Gasteiger partial charge in [-0.25, -0.2) is 4.98 Å². The van der Waals surface area contributed by atoms with Crippen LogP contribution in [0.3, 0.4) is 0 Å². The molecule has 2 N–H and O–H groups in total. The molecule has 2 aliphatic rings. The van der Waals surface area contributed by atoms with Gasteiger partial charge in [-0.3, -0.25) is 0 Å². The Bertz CT molecular complexity index is 789. The minimum atomic E-state index is 0.239. The molecule has 0 radical (unpaired) electrons. The second-order valence-corrected chi connectivity index (χ2v) is 6.96. The van der Waals surface area contributed by atoms with Crippen LogP contribution in [0.4, 0.5) is 11.8 Å². The molecule has 1 unspecified atom stereocenters. The summed E-state index contributed by atoms with van der Waals surface area (Å²) in [5.41, 5.74) is 7.21. The van der Waals surface area contributed by atoms with Gasteiger partial charge < -0.3 is 24.8 Å². The van der Waals surface area contributed by atoms with Gasteiger partial charge in [-0.15, -0.1) is 0 Å². The highest BCUT2D eigenvalue weighted by Crippen LogP contribution is 2.40. The Kier molecular flexibility index (Phi) is 4.03. The normalized spacial score (nSPS) is 23.4. The molecule has 1 spiro atoms. The number of fused-ring (bicyclic) bond motifs is 1. The smallest absolute Gasteiger partial charge is 0.227 e. The zero-order valence-corrected chi connectivity index (χ0v) is 14.7. The zero-order chi connectivity index (χ0) is 17.4. The molecule has 0 bridgehead atoms. The van der Waals surface area contributed by atoms with E-state index < -0.39 is 0 Å². The van der Waals surface area contributed by atoms with Crippen molar-refractivity contribution < 1.29 is 14.2 Å². The number of hydrogen-bond acceptors (Lipinski definition) is 7. The van der Waals surface area contributed by atoms with E-state index in [4.69, 9.17) is 24.9 Å². The van der Waals surface area contributed by atoms with E-state index in [1.165, 1.54) is 6.42 Å². The number of nitrogens with zero attached hydrogens (tertiary/aromatic N) is 3. The van der Waals surface area contributed by atoms with E-state index >= 15 is 0 Å². The molecule has 134 valence electrons. The van der Waals surface area contributed by atoms with Gasteiger partial charge >= 0.3 is 0 Å². The molecule has 1 atom stereocenters. The fourth-order valence-electron chi connectivity index (χ4n) is 3.95. The Hall–Kier alpha value is -2.28. The minimum absolute atomic E-state index is 0.239. The Labute approximate surface area is 147 Å². The molecule has 0 amide bonds. The molecule has 7 nitrogen and oxygen atoms in total. The molecule has 2 fully saturated rings. The SMILES string of the molecule is COc1cc2nc(N3CCC4(CCCOC4)C3)nc(N)c2cc1OC. The summed E-state index contributed by atoms with van der Waals surface area (Å²) in [6.07, 6.45) is 3.45. The first-order valence-corrected chi connectivity index (χ1v) is 8.66. The third-order valence-electron chi connectivity index (χ3n) is 5.34. The summed E-state index contributed by atoms with van der Waals surface area (Å²) in [6, 6.07) is 3.68. The van der Waals surface area contributed by atoms with Crippen LogP contribution in [-0.2, 0) is 4.74 Å². The molecule has 4 rings (SSSR count). The van der Waals surface area contributed by atoms with Crippen molar-refractivity contribution in [3.05, 3.63) is 12.1 Å². The Morgan fingerprint density at radius 3 is 2.68 bits per heavy atom. The van der Waals surface area contributed by atoms with E-state index in [0.717, 1.165) is 50.0 Å². The second-order valence-electron chi connectivity index (χ2n) is 6.96. The summed E-state index contributed by atoms with van der Waals surface area (Å²) in [6.45, 7) is 3.56. The summed E-state index contributed by atoms with van der Waals surface area (Å²) < 4.78 is 16.4. The van der Waals surface area contributed by atoms with Gasteiger partial charge in [-0.1, -0.05) is 0 Å². The zero-order valence-electron chi connectivity index (χ0n) is 14.7. The van der Waals surface area contributed by atoms with Crippen molar-refractivity contribution in [3.8, 4) is 11.5 Å². The van der Waals surface area contributed by atoms with E-state index in [-0.39, 0.29) is 5.41 Å². The van der Waals surface area contributed by atoms with Crippen molar-refractivity contribution >= 4 is 22.7 Å². The average Bonchev–Trinajstić information content (AvgIpc) is 3.04. The first kappa shape index (κ1) is 16.2. The maximum absolute atomic E-state index is 6.21. The predicted molar refractivity (Wildman–Crippen MR) is 96.4 cm³/mol. The van der Waals surface area contributed by atoms with Crippen molar-refractivity contribution in [1.29, 1.82) is 0 Å². The number of methoxy groups -OCH3 is 2. The van der Waals surface area contributed by atoms with E-state index in [2.05, 4.69) is 9.88 Å². The molecule has 1 aromatic heterocycles. The summed E-state index contributed by atoms with van der Waals surface area (Å²) in [7, 11) is 3.22. The Balaban J connectivity index is 1.69. The number of hydrogen-bond donors (Lipinski definition) is 1. The maximum atomic E-state index is 6.21. The van der Waals surface area contributed by atoms with E-state index in [1.807, 2.05) is 12.1 Å². The highest BCUT2D eigenvalue weighted by atomic mass is 16.5.